The molecule has 0 aromatic heterocycles. The number of ether oxygens (including phenoxy) is 2. The zero-order valence-corrected chi connectivity index (χ0v) is 16.9. The molecule has 1 atom stereocenters. The minimum atomic E-state index is -0.558. The highest BCUT2D eigenvalue weighted by atomic mass is 35.5. The summed E-state index contributed by atoms with van der Waals surface area (Å²) in [6.45, 7) is 2.35. The summed E-state index contributed by atoms with van der Waals surface area (Å²) in [5, 5.41) is 22.8. The van der Waals surface area contributed by atoms with E-state index in [9.17, 15) is 10.1 Å². The maximum atomic E-state index is 11.7. The average molecular weight is 427 g/mol. The minimum absolute atomic E-state index is 0.140. The second-order valence-electron chi connectivity index (χ2n) is 5.85. The van der Waals surface area contributed by atoms with Gasteiger partial charge in [0.05, 0.1) is 25.9 Å². The predicted octanol–water partition coefficient (Wildman–Crippen LogP) is 2.81. The summed E-state index contributed by atoms with van der Waals surface area (Å²) in [7, 11) is 2.96. The minimum Gasteiger partial charge on any atom is -0.494 e. The summed E-state index contributed by atoms with van der Waals surface area (Å²) < 4.78 is 11.0. The Bertz CT molecular complexity index is 824. The molecule has 150 valence electrons. The van der Waals surface area contributed by atoms with Crippen LogP contribution in [0.4, 0.5) is 5.69 Å². The van der Waals surface area contributed by atoms with Crippen LogP contribution in [0.1, 0.15) is 0 Å². The van der Waals surface area contributed by atoms with Crippen LogP contribution in [0.25, 0.3) is 0 Å². The van der Waals surface area contributed by atoms with Gasteiger partial charge < -0.3 is 29.8 Å². The van der Waals surface area contributed by atoms with Crippen LogP contribution in [0, 0.1) is 10.1 Å². The van der Waals surface area contributed by atoms with E-state index < -0.39 is 4.92 Å². The lowest BCUT2D eigenvalue weighted by molar-refractivity contribution is -0.429. The third-order valence-corrected chi connectivity index (χ3v) is 5.47. The molecule has 0 radical (unpaired) electrons. The number of halogens is 1. The first-order valence-electron chi connectivity index (χ1n) is 8.40. The highest BCUT2D eigenvalue weighted by molar-refractivity contribution is 8.17. The molecule has 2 aliphatic heterocycles. The van der Waals surface area contributed by atoms with Crippen molar-refractivity contribution in [1.82, 2.24) is 10.2 Å². The van der Waals surface area contributed by atoms with Crippen LogP contribution in [0.5, 0.6) is 11.5 Å². The lowest BCUT2D eigenvalue weighted by Crippen LogP contribution is -2.30. The number of aliphatic imine (C=N–C) groups is 1. The van der Waals surface area contributed by atoms with E-state index in [0.29, 0.717) is 48.0 Å². The molecule has 1 unspecified atom stereocenters. The Morgan fingerprint density at radius 1 is 1.46 bits per heavy atom. The van der Waals surface area contributed by atoms with Gasteiger partial charge in [-0.3, -0.25) is 4.99 Å². The maximum absolute atomic E-state index is 11.7. The van der Waals surface area contributed by atoms with Crippen LogP contribution < -0.4 is 14.8 Å². The van der Waals surface area contributed by atoms with Crippen LogP contribution in [0.3, 0.4) is 0 Å². The van der Waals surface area contributed by atoms with Crippen molar-refractivity contribution >= 4 is 33.6 Å². The summed E-state index contributed by atoms with van der Waals surface area (Å²) in [5.74, 6) is 0.758. The number of benzene rings is 1. The lowest BCUT2D eigenvalue weighted by atomic mass is 10.3. The fraction of sp³-hybridized carbons (Fsp3) is 0.438. The summed E-state index contributed by atoms with van der Waals surface area (Å²) in [6, 6.07) is 5.09. The molecule has 0 amide bonds. The van der Waals surface area contributed by atoms with Gasteiger partial charge >= 0.3 is 5.82 Å². The van der Waals surface area contributed by atoms with Crippen molar-refractivity contribution in [3.05, 3.63) is 40.0 Å². The predicted molar refractivity (Wildman–Crippen MR) is 107 cm³/mol. The lowest BCUT2D eigenvalue weighted by Gasteiger charge is -2.20. The van der Waals surface area contributed by atoms with Gasteiger partial charge in [-0.05, 0) is 22.2 Å². The number of hydrogen-bond donors (Lipinski definition) is 1. The number of nitro groups is 1. The summed E-state index contributed by atoms with van der Waals surface area (Å²) in [5.41, 5.74) is 0.281. The number of azo groups is 1. The summed E-state index contributed by atoms with van der Waals surface area (Å²) in [4.78, 5) is 17.1. The molecular weight excluding hydrogens is 408 g/mol. The molecule has 2 aliphatic rings. The molecule has 28 heavy (non-hydrogen) atoms. The van der Waals surface area contributed by atoms with Crippen LogP contribution in [0.15, 0.2) is 45.1 Å². The van der Waals surface area contributed by atoms with Crippen molar-refractivity contribution in [2.24, 2.45) is 15.2 Å². The largest absolute Gasteiger partial charge is 0.494 e. The molecule has 12 heteroatoms. The van der Waals surface area contributed by atoms with E-state index in [-0.39, 0.29) is 16.8 Å². The van der Waals surface area contributed by atoms with E-state index >= 15 is 0 Å². The molecule has 1 saturated heterocycles. The molecular formula is C16H19ClN6O4S. The zero-order valence-electron chi connectivity index (χ0n) is 15.3. The maximum Gasteiger partial charge on any atom is 0.430 e. The quantitative estimate of drug-likeness (QED) is 0.405. The fourth-order valence-electron chi connectivity index (χ4n) is 2.86. The molecule has 1 aromatic carbocycles. The topological polar surface area (TPSA) is 114 Å². The Kier molecular flexibility index (Phi) is 6.57. The number of hydrogen-bond acceptors (Lipinski definition) is 10. The van der Waals surface area contributed by atoms with Gasteiger partial charge in [0.25, 0.3) is 0 Å². The van der Waals surface area contributed by atoms with Gasteiger partial charge in [-0.15, -0.1) is 0 Å². The van der Waals surface area contributed by atoms with Crippen molar-refractivity contribution in [3.8, 4) is 11.5 Å². The molecule has 0 bridgehead atoms. The van der Waals surface area contributed by atoms with Crippen LogP contribution in [-0.4, -0.2) is 60.0 Å². The number of nitrogens with zero attached hydrogens (tertiary/aromatic N) is 5. The van der Waals surface area contributed by atoms with Gasteiger partial charge in [0, 0.05) is 24.9 Å². The molecule has 0 spiro atoms. The number of thioether (sulfide) groups is 1. The van der Waals surface area contributed by atoms with Gasteiger partial charge in [0.2, 0.25) is 5.82 Å². The molecule has 0 saturated carbocycles. The molecule has 1 N–H and O–H groups in total. The Balaban J connectivity index is 1.88. The Morgan fingerprint density at radius 2 is 2.18 bits per heavy atom. The van der Waals surface area contributed by atoms with Crippen molar-refractivity contribution in [2.45, 2.75) is 5.25 Å². The van der Waals surface area contributed by atoms with Crippen molar-refractivity contribution in [3.63, 3.8) is 0 Å². The van der Waals surface area contributed by atoms with E-state index in [1.165, 1.54) is 26.0 Å². The molecule has 2 heterocycles. The number of rotatable bonds is 7. The zero-order chi connectivity index (χ0) is 20.1. The van der Waals surface area contributed by atoms with Crippen molar-refractivity contribution in [2.75, 3.05) is 40.4 Å². The number of methoxy groups -OCH3 is 2. The van der Waals surface area contributed by atoms with E-state index in [2.05, 4.69) is 20.5 Å². The highest BCUT2D eigenvalue weighted by Crippen LogP contribution is 2.37. The first-order valence-corrected chi connectivity index (χ1v) is 9.66. The van der Waals surface area contributed by atoms with Crippen molar-refractivity contribution in [1.29, 1.82) is 0 Å². The van der Waals surface area contributed by atoms with Crippen LogP contribution in [-0.2, 0) is 0 Å². The molecule has 3 rings (SSSR count). The summed E-state index contributed by atoms with van der Waals surface area (Å²) in [6.07, 6.45) is 0. The van der Waals surface area contributed by atoms with Gasteiger partial charge in [-0.1, -0.05) is 29.4 Å². The first kappa shape index (κ1) is 20.2. The third kappa shape index (κ3) is 4.47. The SMILES string of the molecule is COc1cccc(OC)c1/N=N/C(=C1/NCCN1CC1CN=C(Cl)S1)[N+](=O)[O-]. The first-order chi connectivity index (χ1) is 13.5. The second-order valence-corrected chi connectivity index (χ2v) is 7.72. The fourth-order valence-corrected chi connectivity index (χ4v) is 4.13. The third-order valence-electron chi connectivity index (χ3n) is 4.13. The molecule has 1 aromatic rings. The van der Waals surface area contributed by atoms with Gasteiger partial charge in [0.1, 0.15) is 0 Å². The van der Waals surface area contributed by atoms with E-state index in [1.54, 1.807) is 18.2 Å². The Labute approximate surface area is 170 Å². The molecule has 1 fully saturated rings. The van der Waals surface area contributed by atoms with E-state index in [0.717, 1.165) is 0 Å². The highest BCUT2D eigenvalue weighted by Gasteiger charge is 2.32. The standard InChI is InChI=1S/C16H19ClN6O4S/c1-26-11-4-3-5-12(27-2)13(11)20-21-15(23(24)25)14-18-6-7-22(14)9-10-8-19-16(17)28-10/h3-5,10,18H,6-9H2,1-2H3/b15-14+,21-20+. The Morgan fingerprint density at radius 3 is 2.75 bits per heavy atom. The second kappa shape index (κ2) is 9.11. The van der Waals surface area contributed by atoms with Gasteiger partial charge in [-0.25, -0.2) is 0 Å². The molecule has 10 nitrogen and oxygen atoms in total. The smallest absolute Gasteiger partial charge is 0.430 e. The van der Waals surface area contributed by atoms with E-state index in [4.69, 9.17) is 21.1 Å². The normalized spacial score (nSPS) is 20.9. The van der Waals surface area contributed by atoms with E-state index in [1.807, 2.05) is 4.90 Å². The van der Waals surface area contributed by atoms with Crippen molar-refractivity contribution < 1.29 is 14.4 Å². The summed E-state index contributed by atoms with van der Waals surface area (Å²) >= 11 is 7.38. The van der Waals surface area contributed by atoms with Gasteiger partial charge in [-0.2, -0.15) is 0 Å². The number of nitrogens with one attached hydrogen (secondary N) is 1. The average Bonchev–Trinajstić information content (AvgIpc) is 3.31. The Hall–Kier alpha value is -2.53. The van der Waals surface area contributed by atoms with Crippen LogP contribution in [0.2, 0.25) is 0 Å². The molecule has 0 aliphatic carbocycles. The van der Waals surface area contributed by atoms with Crippen LogP contribution >= 0.6 is 23.4 Å². The monoisotopic (exact) mass is 426 g/mol. The van der Waals surface area contributed by atoms with Gasteiger partial charge in [0.15, 0.2) is 21.7 Å².